The van der Waals surface area contributed by atoms with Gasteiger partial charge in [-0.05, 0) is 72.4 Å². The number of carbonyl (C=O) groups is 3. The molecule has 2 aliphatic rings. The number of anilines is 1. The first kappa shape index (κ1) is 26.9. The van der Waals surface area contributed by atoms with Gasteiger partial charge in [-0.25, -0.2) is 4.39 Å². The number of rotatable bonds is 8. The highest BCUT2D eigenvalue weighted by atomic mass is 79.9. The van der Waals surface area contributed by atoms with E-state index in [1.807, 2.05) is 35.0 Å². The average Bonchev–Trinajstić information content (AvgIpc) is 3.63. The number of aromatic nitrogens is 1. The van der Waals surface area contributed by atoms with Gasteiger partial charge >= 0.3 is 0 Å². The summed E-state index contributed by atoms with van der Waals surface area (Å²) in [7, 11) is 0. The molecule has 0 radical (unpaired) electrons. The Morgan fingerprint density at radius 1 is 1.07 bits per heavy atom. The Morgan fingerprint density at radius 2 is 1.88 bits per heavy atom. The molecule has 3 aromatic carbocycles. The van der Waals surface area contributed by atoms with Gasteiger partial charge < -0.3 is 24.1 Å². The lowest BCUT2D eigenvalue weighted by molar-refractivity contribution is -0.127. The normalized spacial score (nSPS) is 15.3. The van der Waals surface area contributed by atoms with E-state index in [0.717, 1.165) is 37.6 Å². The number of thioether (sulfide) groups is 1. The molecule has 1 fully saturated rings. The van der Waals surface area contributed by atoms with Gasteiger partial charge in [0.05, 0.1) is 11.4 Å². The predicted octanol–water partition coefficient (Wildman–Crippen LogP) is 6.03. The minimum absolute atomic E-state index is 0.190. The standard InChI is InChI=1S/C29H21BrFN3O6S/c30-18-1-7-23-22(12-18)17(14-33(23)9-10-38-21-6-8-24-25(13-21)40-16-39-24)11-26-28(36)34(29(37)41-26)15-27(35)32-20-4-2-19(31)3-5-20/h1-8,11-14H,9-10,15-16H2,(H,32,35)/b26-11-. The van der Waals surface area contributed by atoms with Crippen molar-refractivity contribution in [1.82, 2.24) is 9.47 Å². The molecule has 9 nitrogen and oxygen atoms in total. The summed E-state index contributed by atoms with van der Waals surface area (Å²) < 4.78 is 32.7. The van der Waals surface area contributed by atoms with Crippen molar-refractivity contribution in [2.24, 2.45) is 0 Å². The average molecular weight is 638 g/mol. The first-order valence-electron chi connectivity index (χ1n) is 12.5. The number of nitrogens with zero attached hydrogens (tertiary/aromatic N) is 2. The molecular weight excluding hydrogens is 617 g/mol. The molecule has 0 atom stereocenters. The number of halogens is 2. The van der Waals surface area contributed by atoms with Crippen LogP contribution in [0.5, 0.6) is 17.2 Å². The largest absolute Gasteiger partial charge is 0.492 e. The van der Waals surface area contributed by atoms with Gasteiger partial charge in [-0.3, -0.25) is 19.3 Å². The van der Waals surface area contributed by atoms with Crippen LogP contribution < -0.4 is 19.5 Å². The van der Waals surface area contributed by atoms with Gasteiger partial charge in [0.25, 0.3) is 11.1 Å². The summed E-state index contributed by atoms with van der Waals surface area (Å²) in [5, 5.41) is 2.90. The summed E-state index contributed by atoms with van der Waals surface area (Å²) in [5.74, 6) is 0.416. The first-order chi connectivity index (χ1) is 19.8. The Hall–Kier alpha value is -4.29. The van der Waals surface area contributed by atoms with E-state index in [-0.39, 0.29) is 11.7 Å². The highest BCUT2D eigenvalue weighted by Crippen LogP contribution is 2.36. The molecule has 0 bridgehead atoms. The third kappa shape index (κ3) is 5.79. The molecule has 4 aromatic rings. The molecule has 12 heteroatoms. The lowest BCUT2D eigenvalue weighted by Crippen LogP contribution is -2.36. The van der Waals surface area contributed by atoms with E-state index in [9.17, 15) is 18.8 Å². The number of carbonyl (C=O) groups excluding carboxylic acids is 3. The molecule has 0 spiro atoms. The molecule has 1 saturated heterocycles. The minimum atomic E-state index is -0.567. The highest BCUT2D eigenvalue weighted by Gasteiger charge is 2.36. The lowest BCUT2D eigenvalue weighted by atomic mass is 10.1. The monoisotopic (exact) mass is 637 g/mol. The molecule has 2 aliphatic heterocycles. The van der Waals surface area contributed by atoms with Crippen molar-refractivity contribution in [2.75, 3.05) is 25.3 Å². The number of benzene rings is 3. The molecule has 1 N–H and O–H groups in total. The smallest absolute Gasteiger partial charge is 0.294 e. The Balaban J connectivity index is 1.17. The number of hydrogen-bond acceptors (Lipinski definition) is 7. The minimum Gasteiger partial charge on any atom is -0.492 e. The van der Waals surface area contributed by atoms with Gasteiger partial charge in [0.15, 0.2) is 11.5 Å². The summed E-state index contributed by atoms with van der Waals surface area (Å²) in [4.78, 5) is 39.3. The van der Waals surface area contributed by atoms with Gasteiger partial charge in [-0.15, -0.1) is 0 Å². The SMILES string of the molecule is O=C(CN1C(=O)S/C(=C\c2cn(CCOc3ccc4c(c3)OCO4)c3ccc(Br)cc23)C1=O)Nc1ccc(F)cc1. The summed E-state index contributed by atoms with van der Waals surface area (Å²) in [5.41, 5.74) is 2.03. The summed E-state index contributed by atoms with van der Waals surface area (Å²) >= 11 is 4.28. The zero-order valence-corrected chi connectivity index (χ0v) is 23.7. The maximum atomic E-state index is 13.1. The number of imide groups is 1. The van der Waals surface area contributed by atoms with E-state index in [1.54, 1.807) is 18.2 Å². The molecule has 208 valence electrons. The Kier molecular flexibility index (Phi) is 7.41. The molecule has 3 heterocycles. The van der Waals surface area contributed by atoms with E-state index in [1.165, 1.54) is 24.3 Å². The van der Waals surface area contributed by atoms with Crippen LogP contribution in [-0.4, -0.2) is 46.5 Å². The van der Waals surface area contributed by atoms with Crippen LogP contribution in [0.25, 0.3) is 17.0 Å². The number of ether oxygens (including phenoxy) is 3. The summed E-state index contributed by atoms with van der Waals surface area (Å²) in [6, 6.07) is 16.4. The van der Waals surface area contributed by atoms with Gasteiger partial charge in [0, 0.05) is 38.9 Å². The van der Waals surface area contributed by atoms with Crippen LogP contribution in [0.4, 0.5) is 14.9 Å². The fraction of sp³-hybridized carbons (Fsp3) is 0.138. The van der Waals surface area contributed by atoms with E-state index in [2.05, 4.69) is 21.2 Å². The molecule has 41 heavy (non-hydrogen) atoms. The molecule has 0 saturated carbocycles. The number of nitrogens with one attached hydrogen (secondary N) is 1. The Labute approximate surface area is 246 Å². The molecule has 1 aromatic heterocycles. The van der Waals surface area contributed by atoms with Gasteiger partial charge in [-0.2, -0.15) is 0 Å². The van der Waals surface area contributed by atoms with E-state index in [0.29, 0.717) is 36.1 Å². The number of fused-ring (bicyclic) bond motifs is 2. The summed E-state index contributed by atoms with van der Waals surface area (Å²) in [6.45, 7) is 0.628. The molecule has 3 amide bonds. The molecular formula is C29H21BrFN3O6S. The maximum absolute atomic E-state index is 13.1. The van der Waals surface area contributed by atoms with Crippen molar-refractivity contribution in [2.45, 2.75) is 6.54 Å². The van der Waals surface area contributed by atoms with Crippen LogP contribution >= 0.6 is 27.7 Å². The van der Waals surface area contributed by atoms with E-state index < -0.39 is 29.4 Å². The lowest BCUT2D eigenvalue weighted by Gasteiger charge is -2.12. The maximum Gasteiger partial charge on any atom is 0.294 e. The van der Waals surface area contributed by atoms with Crippen LogP contribution in [-0.2, 0) is 16.1 Å². The Morgan fingerprint density at radius 3 is 2.71 bits per heavy atom. The summed E-state index contributed by atoms with van der Waals surface area (Å²) in [6.07, 6.45) is 3.56. The van der Waals surface area contributed by atoms with Gasteiger partial charge in [-0.1, -0.05) is 15.9 Å². The van der Waals surface area contributed by atoms with Crippen LogP contribution in [0.3, 0.4) is 0 Å². The van der Waals surface area contributed by atoms with Crippen LogP contribution in [0, 0.1) is 5.82 Å². The Bertz CT molecular complexity index is 1720. The third-order valence-electron chi connectivity index (χ3n) is 6.41. The zero-order valence-electron chi connectivity index (χ0n) is 21.3. The number of amides is 3. The number of hydrogen-bond donors (Lipinski definition) is 1. The second-order valence-electron chi connectivity index (χ2n) is 9.13. The van der Waals surface area contributed by atoms with Crippen LogP contribution in [0.1, 0.15) is 5.56 Å². The van der Waals surface area contributed by atoms with E-state index >= 15 is 0 Å². The van der Waals surface area contributed by atoms with Crippen molar-refractivity contribution < 1.29 is 33.0 Å². The third-order valence-corrected chi connectivity index (χ3v) is 7.81. The fourth-order valence-electron chi connectivity index (χ4n) is 4.48. The first-order valence-corrected chi connectivity index (χ1v) is 14.1. The quantitative estimate of drug-likeness (QED) is 0.236. The van der Waals surface area contributed by atoms with Crippen molar-refractivity contribution in [1.29, 1.82) is 0 Å². The second-order valence-corrected chi connectivity index (χ2v) is 11.0. The van der Waals surface area contributed by atoms with Crippen molar-refractivity contribution in [3.05, 3.63) is 87.6 Å². The highest BCUT2D eigenvalue weighted by molar-refractivity contribution is 9.10. The van der Waals surface area contributed by atoms with Gasteiger partial charge in [0.2, 0.25) is 12.7 Å². The topological polar surface area (TPSA) is 99.1 Å². The van der Waals surface area contributed by atoms with Gasteiger partial charge in [0.1, 0.15) is 24.7 Å². The molecule has 6 rings (SSSR count). The van der Waals surface area contributed by atoms with Crippen LogP contribution in [0.2, 0.25) is 0 Å². The van der Waals surface area contributed by atoms with Crippen LogP contribution in [0.15, 0.2) is 76.2 Å². The molecule has 0 unspecified atom stereocenters. The predicted molar refractivity (Wildman–Crippen MR) is 155 cm³/mol. The van der Waals surface area contributed by atoms with Crippen molar-refractivity contribution >= 4 is 67.4 Å². The van der Waals surface area contributed by atoms with Crippen molar-refractivity contribution in [3.63, 3.8) is 0 Å². The zero-order chi connectivity index (χ0) is 28.5. The van der Waals surface area contributed by atoms with Crippen molar-refractivity contribution in [3.8, 4) is 17.2 Å². The molecule has 0 aliphatic carbocycles. The fourth-order valence-corrected chi connectivity index (χ4v) is 5.67. The second kappa shape index (κ2) is 11.3. The van der Waals surface area contributed by atoms with E-state index in [4.69, 9.17) is 14.2 Å².